The molecule has 192 valence electrons. The molecule has 2 aromatic carbocycles. The first-order valence-corrected chi connectivity index (χ1v) is 13.8. The number of aliphatic hydroxyl groups is 1. The number of carbonyl (C=O) groups excluding carboxylic acids is 1. The number of nitrogens with zero attached hydrogens (tertiary/aromatic N) is 3. The Morgan fingerprint density at radius 2 is 1.54 bits per heavy atom. The largest absolute Gasteiger partial charge is 0.512 e. The molecule has 2 heterocycles. The Morgan fingerprint density at radius 3 is 2.24 bits per heavy atom. The number of anilines is 1. The summed E-state index contributed by atoms with van der Waals surface area (Å²) in [6.07, 6.45) is 7.86. The zero-order valence-corrected chi connectivity index (χ0v) is 22.2. The molecule has 0 saturated heterocycles. The van der Waals surface area contributed by atoms with Gasteiger partial charge in [-0.1, -0.05) is 66.4 Å². The van der Waals surface area contributed by atoms with Gasteiger partial charge in [-0.25, -0.2) is 9.97 Å². The molecule has 3 aromatic rings. The Bertz CT molecular complexity index is 1300. The summed E-state index contributed by atoms with van der Waals surface area (Å²) in [7, 11) is 0. The Hall–Kier alpha value is -3.18. The summed E-state index contributed by atoms with van der Waals surface area (Å²) in [5, 5.41) is 10.6. The van der Waals surface area contributed by atoms with E-state index in [4.69, 9.17) is 21.6 Å². The van der Waals surface area contributed by atoms with Crippen LogP contribution in [-0.4, -0.2) is 33.9 Å². The molecule has 0 radical (unpaired) electrons. The number of unbranched alkanes of at least 4 members (excludes halogenated alkanes) is 3. The molecule has 0 atom stereocenters. The fourth-order valence-corrected chi connectivity index (χ4v) is 5.43. The summed E-state index contributed by atoms with van der Waals surface area (Å²) in [6, 6.07) is 16.3. The van der Waals surface area contributed by atoms with Crippen LogP contribution in [0.5, 0.6) is 0 Å². The number of aryl methyl sites for hydroxylation is 2. The highest BCUT2D eigenvalue weighted by Gasteiger charge is 2.24. The second-order valence-corrected chi connectivity index (χ2v) is 10.6. The van der Waals surface area contributed by atoms with E-state index in [0.717, 1.165) is 85.6 Å². The molecule has 0 unspecified atom stereocenters. The maximum Gasteiger partial charge on any atom is 0.162 e. The molecule has 1 aromatic heterocycles. The number of halogens is 1. The zero-order chi connectivity index (χ0) is 25.8. The molecule has 5 nitrogen and oxygen atoms in total. The maximum absolute atomic E-state index is 11.9. The van der Waals surface area contributed by atoms with Gasteiger partial charge in [-0.05, 0) is 51.2 Å². The van der Waals surface area contributed by atoms with E-state index >= 15 is 0 Å². The standard InChI is InChI=1S/C31H34ClN3O2/c1-21-9-11-22(12-10-21)29-30(23-13-15-24(32)16-14-23)34-31-26(33-29)8-6-20-35(31)19-5-3-2-4-7-25-27(36)17-18-28(25)37/h9-16,36H,2-8,17-20H2,1H3. The van der Waals surface area contributed by atoms with Gasteiger partial charge in [0.2, 0.25) is 0 Å². The second-order valence-electron chi connectivity index (χ2n) is 10.2. The van der Waals surface area contributed by atoms with Gasteiger partial charge in [-0.2, -0.15) is 0 Å². The third kappa shape index (κ3) is 5.88. The summed E-state index contributed by atoms with van der Waals surface area (Å²) < 4.78 is 0. The van der Waals surface area contributed by atoms with Crippen LogP contribution in [0.2, 0.25) is 5.02 Å². The van der Waals surface area contributed by atoms with Crippen LogP contribution in [0.15, 0.2) is 59.9 Å². The molecule has 6 heteroatoms. The van der Waals surface area contributed by atoms with E-state index in [2.05, 4.69) is 36.1 Å². The molecule has 0 saturated carbocycles. The number of aromatic nitrogens is 2. The number of rotatable bonds is 9. The third-order valence-electron chi connectivity index (χ3n) is 7.41. The summed E-state index contributed by atoms with van der Waals surface area (Å²) in [6.45, 7) is 4.02. The van der Waals surface area contributed by atoms with E-state index in [1.807, 2.05) is 24.3 Å². The van der Waals surface area contributed by atoms with Crippen molar-refractivity contribution in [3.8, 4) is 22.5 Å². The Balaban J connectivity index is 1.31. The van der Waals surface area contributed by atoms with Crippen molar-refractivity contribution in [2.24, 2.45) is 0 Å². The van der Waals surface area contributed by atoms with Crippen molar-refractivity contribution >= 4 is 23.2 Å². The quantitative estimate of drug-likeness (QED) is 0.296. The molecule has 0 fully saturated rings. The number of allylic oxidation sites excluding steroid dienone is 2. The Morgan fingerprint density at radius 1 is 0.865 bits per heavy atom. The summed E-state index contributed by atoms with van der Waals surface area (Å²) >= 11 is 6.18. The topological polar surface area (TPSA) is 66.3 Å². The predicted octanol–water partition coefficient (Wildman–Crippen LogP) is 7.65. The van der Waals surface area contributed by atoms with Crippen LogP contribution in [0.3, 0.4) is 0 Å². The molecule has 37 heavy (non-hydrogen) atoms. The minimum absolute atomic E-state index is 0.127. The van der Waals surface area contributed by atoms with E-state index in [-0.39, 0.29) is 5.78 Å². The molecule has 1 aliphatic carbocycles. The molecule has 1 aliphatic heterocycles. The monoisotopic (exact) mass is 515 g/mol. The molecule has 5 rings (SSSR count). The smallest absolute Gasteiger partial charge is 0.162 e. The third-order valence-corrected chi connectivity index (χ3v) is 7.66. The van der Waals surface area contributed by atoms with E-state index in [1.165, 1.54) is 5.56 Å². The van der Waals surface area contributed by atoms with Crippen LogP contribution < -0.4 is 4.90 Å². The average Bonchev–Trinajstić information content (AvgIpc) is 3.23. The van der Waals surface area contributed by atoms with Crippen molar-refractivity contribution in [2.45, 2.75) is 64.7 Å². The predicted molar refractivity (Wildman–Crippen MR) is 150 cm³/mol. The Labute approximate surface area is 224 Å². The lowest BCUT2D eigenvalue weighted by molar-refractivity contribution is -0.115. The fourth-order valence-electron chi connectivity index (χ4n) is 5.30. The van der Waals surface area contributed by atoms with Crippen LogP contribution in [0.4, 0.5) is 5.82 Å². The van der Waals surface area contributed by atoms with Gasteiger partial charge in [0.15, 0.2) is 11.6 Å². The van der Waals surface area contributed by atoms with Gasteiger partial charge in [0.1, 0.15) is 0 Å². The van der Waals surface area contributed by atoms with Crippen molar-refractivity contribution in [1.29, 1.82) is 0 Å². The van der Waals surface area contributed by atoms with Crippen molar-refractivity contribution in [3.63, 3.8) is 0 Å². The molecule has 0 amide bonds. The SMILES string of the molecule is Cc1ccc(-c2nc3c(nc2-c2ccc(Cl)cc2)N(CCCCCCC2=C(O)CCC2=O)CCC3)cc1. The first-order valence-electron chi connectivity index (χ1n) is 13.4. The highest BCUT2D eigenvalue weighted by Crippen LogP contribution is 2.35. The van der Waals surface area contributed by atoms with Crippen LogP contribution in [0.1, 0.15) is 62.6 Å². The Kier molecular flexibility index (Phi) is 7.90. The fraction of sp³-hybridized carbons (Fsp3) is 0.387. The molecule has 2 aliphatic rings. The number of aliphatic hydroxyl groups excluding tert-OH is 1. The number of hydrogen-bond donors (Lipinski definition) is 1. The average molecular weight is 516 g/mol. The van der Waals surface area contributed by atoms with Gasteiger partial charge in [0, 0.05) is 47.7 Å². The lowest BCUT2D eigenvalue weighted by atomic mass is 10.0. The normalized spacial score (nSPS) is 15.4. The molecule has 1 N–H and O–H groups in total. The number of benzene rings is 2. The second kappa shape index (κ2) is 11.5. The van der Waals surface area contributed by atoms with Crippen LogP contribution in [-0.2, 0) is 11.2 Å². The van der Waals surface area contributed by atoms with Gasteiger partial charge >= 0.3 is 0 Å². The lowest BCUT2D eigenvalue weighted by Crippen LogP contribution is -2.32. The summed E-state index contributed by atoms with van der Waals surface area (Å²) in [5.74, 6) is 1.44. The molecule has 0 spiro atoms. The molecular weight excluding hydrogens is 482 g/mol. The van der Waals surface area contributed by atoms with Crippen molar-refractivity contribution in [3.05, 3.63) is 76.1 Å². The summed E-state index contributed by atoms with van der Waals surface area (Å²) in [4.78, 5) is 24.7. The number of carbonyl (C=O) groups is 1. The highest BCUT2D eigenvalue weighted by atomic mass is 35.5. The van der Waals surface area contributed by atoms with Gasteiger partial charge in [0.05, 0.1) is 22.8 Å². The van der Waals surface area contributed by atoms with Crippen molar-refractivity contribution in [2.75, 3.05) is 18.0 Å². The van der Waals surface area contributed by atoms with Gasteiger partial charge in [-0.3, -0.25) is 4.79 Å². The number of hydrogen-bond acceptors (Lipinski definition) is 5. The first-order chi connectivity index (χ1) is 18.0. The van der Waals surface area contributed by atoms with Crippen LogP contribution >= 0.6 is 11.6 Å². The van der Waals surface area contributed by atoms with Gasteiger partial charge < -0.3 is 10.0 Å². The van der Waals surface area contributed by atoms with Gasteiger partial charge in [0.25, 0.3) is 0 Å². The van der Waals surface area contributed by atoms with E-state index in [9.17, 15) is 9.90 Å². The van der Waals surface area contributed by atoms with Crippen LogP contribution in [0, 0.1) is 6.92 Å². The minimum atomic E-state index is 0.127. The minimum Gasteiger partial charge on any atom is -0.512 e. The highest BCUT2D eigenvalue weighted by molar-refractivity contribution is 6.30. The molecule has 0 bridgehead atoms. The summed E-state index contributed by atoms with van der Waals surface area (Å²) in [5.41, 5.74) is 6.85. The van der Waals surface area contributed by atoms with Crippen LogP contribution in [0.25, 0.3) is 22.5 Å². The zero-order valence-electron chi connectivity index (χ0n) is 21.5. The number of Topliss-reactive ketones (excluding diaryl/α,β-unsaturated/α-hetero) is 1. The van der Waals surface area contributed by atoms with Crippen molar-refractivity contribution < 1.29 is 9.90 Å². The van der Waals surface area contributed by atoms with E-state index < -0.39 is 0 Å². The first kappa shape index (κ1) is 25.5. The van der Waals surface area contributed by atoms with E-state index in [1.54, 1.807) is 0 Å². The number of fused-ring (bicyclic) bond motifs is 1. The number of ketones is 1. The van der Waals surface area contributed by atoms with Crippen molar-refractivity contribution in [1.82, 2.24) is 9.97 Å². The molecular formula is C31H34ClN3O2. The maximum atomic E-state index is 11.9. The van der Waals surface area contributed by atoms with E-state index in [0.29, 0.717) is 35.6 Å². The van der Waals surface area contributed by atoms with Gasteiger partial charge in [-0.15, -0.1) is 0 Å². The lowest BCUT2D eigenvalue weighted by Gasteiger charge is -2.30.